The first-order chi connectivity index (χ1) is 14.1. The highest BCUT2D eigenvalue weighted by molar-refractivity contribution is 7.16. The molecule has 7 nitrogen and oxygen atoms in total. The molecule has 0 saturated heterocycles. The van der Waals surface area contributed by atoms with Crippen molar-refractivity contribution >= 4 is 27.5 Å². The molecule has 0 N–H and O–H groups in total. The summed E-state index contributed by atoms with van der Waals surface area (Å²) in [4.78, 5) is 17.5. The topological polar surface area (TPSA) is 71.3 Å². The van der Waals surface area contributed by atoms with Crippen LogP contribution in [0.5, 0.6) is 23.0 Å². The van der Waals surface area contributed by atoms with E-state index in [-0.39, 0.29) is 19.1 Å². The van der Waals surface area contributed by atoms with Crippen LogP contribution in [0.4, 0.5) is 0 Å². The van der Waals surface area contributed by atoms with Crippen molar-refractivity contribution in [2.75, 3.05) is 21.0 Å². The van der Waals surface area contributed by atoms with Crippen molar-refractivity contribution in [2.45, 2.75) is 13.0 Å². The SMILES string of the molecule is C#CCn1c(=NC(=O)Cc2ccc(OC)c(OC)c2)sc2cc3c(cc21)OCO3. The Kier molecular flexibility index (Phi) is 5.14. The van der Waals surface area contributed by atoms with Crippen molar-refractivity contribution in [2.24, 2.45) is 4.99 Å². The molecule has 0 fully saturated rings. The number of aromatic nitrogens is 1. The van der Waals surface area contributed by atoms with Crippen LogP contribution in [0.1, 0.15) is 5.56 Å². The average Bonchev–Trinajstić information content (AvgIpc) is 3.30. The minimum absolute atomic E-state index is 0.132. The van der Waals surface area contributed by atoms with Crippen molar-refractivity contribution in [3.05, 3.63) is 40.7 Å². The molecule has 29 heavy (non-hydrogen) atoms. The molecule has 3 aromatic rings. The summed E-state index contributed by atoms with van der Waals surface area (Å²) in [5.74, 6) is 4.84. The van der Waals surface area contributed by atoms with Gasteiger partial charge in [-0.3, -0.25) is 4.79 Å². The van der Waals surface area contributed by atoms with Gasteiger partial charge >= 0.3 is 0 Å². The fraction of sp³-hybridized carbons (Fsp3) is 0.238. The summed E-state index contributed by atoms with van der Waals surface area (Å²) in [6.45, 7) is 0.491. The molecule has 2 aromatic carbocycles. The van der Waals surface area contributed by atoms with Crippen molar-refractivity contribution in [1.82, 2.24) is 4.57 Å². The van der Waals surface area contributed by atoms with Crippen molar-refractivity contribution in [3.8, 4) is 35.3 Å². The lowest BCUT2D eigenvalue weighted by atomic mass is 10.1. The first kappa shape index (κ1) is 18.9. The number of thiazole rings is 1. The number of carbonyl (C=O) groups is 1. The molecule has 148 valence electrons. The number of fused-ring (bicyclic) bond motifs is 2. The highest BCUT2D eigenvalue weighted by Crippen LogP contribution is 2.37. The second-order valence-corrected chi connectivity index (χ2v) is 7.23. The van der Waals surface area contributed by atoms with Gasteiger partial charge in [0.25, 0.3) is 5.91 Å². The Balaban J connectivity index is 1.69. The summed E-state index contributed by atoms with van der Waals surface area (Å²) in [6, 6.07) is 9.10. The van der Waals surface area contributed by atoms with Gasteiger partial charge in [0.1, 0.15) is 0 Å². The van der Waals surface area contributed by atoms with E-state index in [4.69, 9.17) is 25.4 Å². The summed E-state index contributed by atoms with van der Waals surface area (Å²) in [7, 11) is 3.12. The van der Waals surface area contributed by atoms with E-state index in [0.717, 1.165) is 15.8 Å². The molecule has 0 spiro atoms. The number of ether oxygens (including phenoxy) is 4. The molecule has 1 aliphatic heterocycles. The van der Waals surface area contributed by atoms with Crippen LogP contribution < -0.4 is 23.7 Å². The normalized spacial score (nSPS) is 12.8. The quantitative estimate of drug-likeness (QED) is 0.605. The number of terminal acetylenes is 1. The third-order valence-corrected chi connectivity index (χ3v) is 5.49. The lowest BCUT2D eigenvalue weighted by Gasteiger charge is -2.08. The summed E-state index contributed by atoms with van der Waals surface area (Å²) >= 11 is 1.38. The first-order valence-electron chi connectivity index (χ1n) is 8.78. The molecule has 0 aliphatic carbocycles. The van der Waals surface area contributed by atoms with Crippen molar-refractivity contribution in [3.63, 3.8) is 0 Å². The number of hydrogen-bond acceptors (Lipinski definition) is 6. The number of carbonyl (C=O) groups excluding carboxylic acids is 1. The summed E-state index contributed by atoms with van der Waals surface area (Å²) in [5, 5.41) is 0. The fourth-order valence-electron chi connectivity index (χ4n) is 3.10. The van der Waals surface area contributed by atoms with Gasteiger partial charge in [-0.2, -0.15) is 4.99 Å². The van der Waals surface area contributed by atoms with Gasteiger partial charge in [0.2, 0.25) is 6.79 Å². The zero-order valence-corrected chi connectivity index (χ0v) is 16.7. The van der Waals surface area contributed by atoms with Crippen LogP contribution in [0.25, 0.3) is 10.2 Å². The maximum absolute atomic E-state index is 12.6. The van der Waals surface area contributed by atoms with Crippen LogP contribution in [0.3, 0.4) is 0 Å². The van der Waals surface area contributed by atoms with Crippen LogP contribution in [0, 0.1) is 12.3 Å². The van der Waals surface area contributed by atoms with Gasteiger partial charge < -0.3 is 23.5 Å². The molecule has 0 bridgehead atoms. The zero-order valence-electron chi connectivity index (χ0n) is 15.9. The Labute approximate surface area is 171 Å². The number of nitrogens with zero attached hydrogens (tertiary/aromatic N) is 2. The van der Waals surface area contributed by atoms with Gasteiger partial charge in [-0.25, -0.2) is 0 Å². The molecule has 8 heteroatoms. The Hall–Kier alpha value is -3.44. The Morgan fingerprint density at radius 1 is 1.21 bits per heavy atom. The average molecular weight is 410 g/mol. The molecule has 1 aliphatic rings. The fourth-order valence-corrected chi connectivity index (χ4v) is 4.16. The molecule has 0 unspecified atom stereocenters. The molecule has 1 aromatic heterocycles. The van der Waals surface area contributed by atoms with Crippen LogP contribution in [0.15, 0.2) is 35.3 Å². The maximum Gasteiger partial charge on any atom is 0.252 e. The van der Waals surface area contributed by atoms with E-state index in [1.54, 1.807) is 26.4 Å². The van der Waals surface area contributed by atoms with Gasteiger partial charge in [0.05, 0.1) is 37.4 Å². The van der Waals surface area contributed by atoms with Gasteiger partial charge in [-0.1, -0.05) is 23.3 Å². The first-order valence-corrected chi connectivity index (χ1v) is 9.59. The van der Waals surface area contributed by atoms with Crippen molar-refractivity contribution in [1.29, 1.82) is 0 Å². The largest absolute Gasteiger partial charge is 0.493 e. The molecule has 0 radical (unpaired) electrons. The predicted octanol–water partition coefficient (Wildman–Crippen LogP) is 2.75. The molecular formula is C21H18N2O5S. The number of hydrogen-bond donors (Lipinski definition) is 0. The Bertz CT molecular complexity index is 1200. The lowest BCUT2D eigenvalue weighted by molar-refractivity contribution is -0.117. The smallest absolute Gasteiger partial charge is 0.252 e. The maximum atomic E-state index is 12.6. The minimum atomic E-state index is -0.283. The van der Waals surface area contributed by atoms with Crippen LogP contribution in [0.2, 0.25) is 0 Å². The zero-order chi connectivity index (χ0) is 20.4. The van der Waals surface area contributed by atoms with E-state index < -0.39 is 0 Å². The van der Waals surface area contributed by atoms with Crippen LogP contribution in [-0.2, 0) is 17.8 Å². The number of benzene rings is 2. The van der Waals surface area contributed by atoms with Gasteiger partial charge in [0.15, 0.2) is 27.8 Å². The Morgan fingerprint density at radius 2 is 1.97 bits per heavy atom. The lowest BCUT2D eigenvalue weighted by Crippen LogP contribution is -2.17. The molecule has 0 saturated carbocycles. The highest BCUT2D eigenvalue weighted by atomic mass is 32.1. The van der Waals surface area contributed by atoms with E-state index in [1.165, 1.54) is 11.3 Å². The molecule has 2 heterocycles. The van der Waals surface area contributed by atoms with Crippen molar-refractivity contribution < 1.29 is 23.7 Å². The van der Waals surface area contributed by atoms with Crippen LogP contribution in [-0.4, -0.2) is 31.5 Å². The van der Waals surface area contributed by atoms with E-state index in [2.05, 4.69) is 10.9 Å². The van der Waals surface area contributed by atoms with E-state index in [0.29, 0.717) is 34.3 Å². The van der Waals surface area contributed by atoms with Gasteiger partial charge in [0, 0.05) is 12.1 Å². The van der Waals surface area contributed by atoms with Gasteiger partial charge in [-0.15, -0.1) is 6.42 Å². The van der Waals surface area contributed by atoms with Crippen LogP contribution >= 0.6 is 11.3 Å². The standard InChI is InChI=1S/C21H18N2O5S/c1-4-7-23-14-10-17-18(28-12-27-17)11-19(14)29-21(23)22-20(24)9-13-5-6-15(25-2)16(8-13)26-3/h1,5-6,8,10-11H,7,9,12H2,2-3H3. The van der Waals surface area contributed by atoms with E-state index >= 15 is 0 Å². The molecule has 0 atom stereocenters. The third kappa shape index (κ3) is 3.65. The highest BCUT2D eigenvalue weighted by Gasteiger charge is 2.18. The second kappa shape index (κ2) is 7.89. The summed E-state index contributed by atoms with van der Waals surface area (Å²) in [6.07, 6.45) is 5.66. The summed E-state index contributed by atoms with van der Waals surface area (Å²) in [5.41, 5.74) is 1.64. The molecule has 4 rings (SSSR count). The predicted molar refractivity (Wildman–Crippen MR) is 109 cm³/mol. The number of rotatable bonds is 5. The number of methoxy groups -OCH3 is 2. The molecular weight excluding hydrogens is 392 g/mol. The summed E-state index contributed by atoms with van der Waals surface area (Å²) < 4.78 is 24.1. The Morgan fingerprint density at radius 3 is 2.69 bits per heavy atom. The molecule has 1 amide bonds. The van der Waals surface area contributed by atoms with E-state index in [1.807, 2.05) is 22.8 Å². The monoisotopic (exact) mass is 410 g/mol. The number of amides is 1. The van der Waals surface area contributed by atoms with E-state index in [9.17, 15) is 4.79 Å². The third-order valence-electron chi connectivity index (χ3n) is 4.45. The minimum Gasteiger partial charge on any atom is -0.493 e. The van der Waals surface area contributed by atoms with Gasteiger partial charge in [-0.05, 0) is 17.7 Å². The second-order valence-electron chi connectivity index (χ2n) is 6.22.